The molecule has 0 fully saturated rings. The summed E-state index contributed by atoms with van der Waals surface area (Å²) < 4.78 is 10.6. The summed E-state index contributed by atoms with van der Waals surface area (Å²) in [5.41, 5.74) is 0.745. The molecule has 0 N–H and O–H groups in total. The number of carbonyl (C=O) groups is 1. The maximum Gasteiger partial charge on any atom is 0.317 e. The van der Waals surface area contributed by atoms with Crippen LogP contribution in [-0.4, -0.2) is 20.2 Å². The largest absolute Gasteiger partial charge is 0.495 e. The molecule has 1 aromatic rings. The summed E-state index contributed by atoms with van der Waals surface area (Å²) in [5.74, 6) is 5.92. The monoisotopic (exact) mass is 282 g/mol. The first-order valence-electron chi connectivity index (χ1n) is 4.56. The van der Waals surface area contributed by atoms with Crippen molar-refractivity contribution in [3.63, 3.8) is 0 Å². The Hall–Kier alpha value is -1.47. The van der Waals surface area contributed by atoms with E-state index in [0.29, 0.717) is 5.75 Å². The Morgan fingerprint density at radius 1 is 1.44 bits per heavy atom. The molecule has 0 aromatic heterocycles. The summed E-state index contributed by atoms with van der Waals surface area (Å²) in [5, 5.41) is 0. The highest BCUT2D eigenvalue weighted by Gasteiger charge is 2.00. The van der Waals surface area contributed by atoms with E-state index in [1.165, 1.54) is 7.11 Å². The summed E-state index contributed by atoms with van der Waals surface area (Å²) in [6.45, 7) is 0. The number of esters is 1. The summed E-state index contributed by atoms with van der Waals surface area (Å²) >= 11 is 3.34. The molecule has 0 saturated carbocycles. The van der Waals surface area contributed by atoms with Crippen molar-refractivity contribution in [2.75, 3.05) is 14.2 Å². The van der Waals surface area contributed by atoms with E-state index in [9.17, 15) is 4.79 Å². The average molecular weight is 283 g/mol. The standard InChI is InChI=1S/C12H11BrO3/c1-15-11-8-10(13)7-6-9(11)4-3-5-12(14)16-2/h6-8H,5H2,1-2H3. The fourth-order valence-electron chi connectivity index (χ4n) is 1.05. The van der Waals surface area contributed by atoms with Gasteiger partial charge in [0.2, 0.25) is 0 Å². The van der Waals surface area contributed by atoms with Crippen LogP contribution in [0.3, 0.4) is 0 Å². The lowest BCUT2D eigenvalue weighted by molar-refractivity contribution is -0.139. The predicted octanol–water partition coefficient (Wildman–Crippen LogP) is 2.37. The number of hydrogen-bond donors (Lipinski definition) is 0. The van der Waals surface area contributed by atoms with Crippen LogP contribution in [0.1, 0.15) is 12.0 Å². The van der Waals surface area contributed by atoms with Crippen LogP contribution in [0.5, 0.6) is 5.75 Å². The molecule has 0 unspecified atom stereocenters. The number of carbonyl (C=O) groups excluding carboxylic acids is 1. The number of rotatable bonds is 2. The zero-order valence-corrected chi connectivity index (χ0v) is 10.6. The first kappa shape index (κ1) is 12.6. The van der Waals surface area contributed by atoms with E-state index < -0.39 is 0 Å². The Morgan fingerprint density at radius 3 is 2.81 bits per heavy atom. The van der Waals surface area contributed by atoms with Crippen LogP contribution < -0.4 is 4.74 Å². The van der Waals surface area contributed by atoms with Crippen molar-refractivity contribution < 1.29 is 14.3 Å². The maximum atomic E-state index is 10.8. The molecule has 84 valence electrons. The molecule has 1 rings (SSSR count). The van der Waals surface area contributed by atoms with Crippen LogP contribution in [0.2, 0.25) is 0 Å². The van der Waals surface area contributed by atoms with Gasteiger partial charge in [0, 0.05) is 4.47 Å². The Bertz CT molecular complexity index is 443. The van der Waals surface area contributed by atoms with E-state index in [1.807, 2.05) is 18.2 Å². The van der Waals surface area contributed by atoms with Crippen molar-refractivity contribution in [3.05, 3.63) is 28.2 Å². The number of ether oxygens (including phenoxy) is 2. The molecule has 0 aliphatic rings. The van der Waals surface area contributed by atoms with Crippen LogP contribution >= 0.6 is 15.9 Å². The van der Waals surface area contributed by atoms with Crippen molar-refractivity contribution in [1.82, 2.24) is 0 Å². The van der Waals surface area contributed by atoms with Crippen molar-refractivity contribution in [2.24, 2.45) is 0 Å². The highest BCUT2D eigenvalue weighted by molar-refractivity contribution is 9.10. The Balaban J connectivity index is 2.84. The van der Waals surface area contributed by atoms with Gasteiger partial charge in [-0.05, 0) is 18.2 Å². The molecule has 4 heteroatoms. The molecule has 0 spiro atoms. The lowest BCUT2D eigenvalue weighted by Gasteiger charge is -2.02. The third kappa shape index (κ3) is 3.59. The number of hydrogen-bond acceptors (Lipinski definition) is 3. The van der Waals surface area contributed by atoms with E-state index in [4.69, 9.17) is 4.74 Å². The van der Waals surface area contributed by atoms with Crippen LogP contribution in [-0.2, 0) is 9.53 Å². The minimum Gasteiger partial charge on any atom is -0.495 e. The molecule has 0 bridgehead atoms. The summed E-state index contributed by atoms with van der Waals surface area (Å²) in [6, 6.07) is 5.51. The Kier molecular flexibility index (Phi) is 4.87. The maximum absolute atomic E-state index is 10.8. The van der Waals surface area contributed by atoms with Crippen molar-refractivity contribution in [1.29, 1.82) is 0 Å². The summed E-state index contributed by atoms with van der Waals surface area (Å²) in [6.07, 6.45) is 0.0791. The minimum atomic E-state index is -0.344. The van der Waals surface area contributed by atoms with Gasteiger partial charge in [0.05, 0.1) is 19.8 Å². The van der Waals surface area contributed by atoms with Gasteiger partial charge in [-0.3, -0.25) is 4.79 Å². The molecule has 0 radical (unpaired) electrons. The Morgan fingerprint density at radius 2 is 2.19 bits per heavy atom. The van der Waals surface area contributed by atoms with Crippen molar-refractivity contribution in [3.8, 4) is 17.6 Å². The quantitative estimate of drug-likeness (QED) is 0.617. The van der Waals surface area contributed by atoms with Crippen molar-refractivity contribution in [2.45, 2.75) is 6.42 Å². The van der Waals surface area contributed by atoms with Crippen LogP contribution in [0.15, 0.2) is 22.7 Å². The molecule has 1 aromatic carbocycles. The third-order valence-electron chi connectivity index (χ3n) is 1.85. The fourth-order valence-corrected chi connectivity index (χ4v) is 1.39. The first-order chi connectivity index (χ1) is 7.67. The first-order valence-corrected chi connectivity index (χ1v) is 5.36. The minimum absolute atomic E-state index is 0.0791. The van der Waals surface area contributed by atoms with Gasteiger partial charge in [-0.25, -0.2) is 0 Å². The van der Waals surface area contributed by atoms with Crippen LogP contribution in [0, 0.1) is 11.8 Å². The van der Waals surface area contributed by atoms with Crippen molar-refractivity contribution >= 4 is 21.9 Å². The van der Waals surface area contributed by atoms with Gasteiger partial charge >= 0.3 is 5.97 Å². The highest BCUT2D eigenvalue weighted by atomic mass is 79.9. The van der Waals surface area contributed by atoms with E-state index in [-0.39, 0.29) is 12.4 Å². The van der Waals surface area contributed by atoms with E-state index in [0.717, 1.165) is 10.0 Å². The molecule has 0 heterocycles. The molecule has 16 heavy (non-hydrogen) atoms. The smallest absolute Gasteiger partial charge is 0.317 e. The Labute approximate surface area is 103 Å². The van der Waals surface area contributed by atoms with Gasteiger partial charge in [0.25, 0.3) is 0 Å². The van der Waals surface area contributed by atoms with E-state index in [2.05, 4.69) is 32.5 Å². The summed E-state index contributed by atoms with van der Waals surface area (Å²) in [4.78, 5) is 10.8. The fraction of sp³-hybridized carbons (Fsp3) is 0.250. The molecular weight excluding hydrogens is 272 g/mol. The summed E-state index contributed by atoms with van der Waals surface area (Å²) in [7, 11) is 2.91. The number of halogens is 1. The normalized spacial score (nSPS) is 8.94. The second kappa shape index (κ2) is 6.19. The zero-order chi connectivity index (χ0) is 12.0. The molecule has 0 amide bonds. The second-order valence-electron chi connectivity index (χ2n) is 2.90. The SMILES string of the molecule is COC(=O)CC#Cc1ccc(Br)cc1OC. The number of benzene rings is 1. The molecule has 0 saturated heterocycles. The highest BCUT2D eigenvalue weighted by Crippen LogP contribution is 2.22. The van der Waals surface area contributed by atoms with Gasteiger partial charge in [-0.2, -0.15) is 0 Å². The molecular formula is C12H11BrO3. The third-order valence-corrected chi connectivity index (χ3v) is 2.34. The molecule has 0 aliphatic heterocycles. The predicted molar refractivity (Wildman–Crippen MR) is 64.2 cm³/mol. The molecule has 0 atom stereocenters. The lowest BCUT2D eigenvalue weighted by Crippen LogP contribution is -1.97. The van der Waals surface area contributed by atoms with Gasteiger partial charge < -0.3 is 9.47 Å². The average Bonchev–Trinajstić information content (AvgIpc) is 2.30. The van der Waals surface area contributed by atoms with Gasteiger partial charge in [0.15, 0.2) is 0 Å². The van der Waals surface area contributed by atoms with Gasteiger partial charge in [-0.1, -0.05) is 27.8 Å². The van der Waals surface area contributed by atoms with Crippen LogP contribution in [0.4, 0.5) is 0 Å². The topological polar surface area (TPSA) is 35.5 Å². The van der Waals surface area contributed by atoms with E-state index >= 15 is 0 Å². The van der Waals surface area contributed by atoms with E-state index in [1.54, 1.807) is 7.11 Å². The van der Waals surface area contributed by atoms with Crippen LogP contribution in [0.25, 0.3) is 0 Å². The molecule has 0 aliphatic carbocycles. The van der Waals surface area contributed by atoms with Gasteiger partial charge in [-0.15, -0.1) is 0 Å². The number of methoxy groups -OCH3 is 2. The molecule has 3 nitrogen and oxygen atoms in total. The van der Waals surface area contributed by atoms with Gasteiger partial charge in [0.1, 0.15) is 12.2 Å². The zero-order valence-electron chi connectivity index (χ0n) is 9.04. The lowest BCUT2D eigenvalue weighted by atomic mass is 10.2. The second-order valence-corrected chi connectivity index (χ2v) is 3.81.